The van der Waals surface area contributed by atoms with Gasteiger partial charge in [-0.25, -0.2) is 4.79 Å². The van der Waals surface area contributed by atoms with Crippen LogP contribution in [0.1, 0.15) is 51.2 Å². The number of benzene rings is 1. The van der Waals surface area contributed by atoms with Gasteiger partial charge in [0.1, 0.15) is 5.60 Å². The quantitative estimate of drug-likeness (QED) is 0.839. The lowest BCUT2D eigenvalue weighted by Gasteiger charge is -2.42. The first-order valence-corrected chi connectivity index (χ1v) is 9.94. The van der Waals surface area contributed by atoms with Gasteiger partial charge in [-0.2, -0.15) is 0 Å². The number of nitrogens with two attached hydrogens (primary N) is 1. The predicted molar refractivity (Wildman–Crippen MR) is 104 cm³/mol. The summed E-state index contributed by atoms with van der Waals surface area (Å²) >= 11 is 0. The molecule has 0 radical (unpaired) electrons. The smallest absolute Gasteiger partial charge is 0.410 e. The van der Waals surface area contributed by atoms with Crippen LogP contribution in [-0.4, -0.2) is 47.8 Å². The third-order valence-corrected chi connectivity index (χ3v) is 5.91. The largest absolute Gasteiger partial charge is 0.444 e. The molecule has 2 unspecified atom stereocenters. The van der Waals surface area contributed by atoms with E-state index in [0.29, 0.717) is 6.04 Å². The molecule has 0 spiro atoms. The molecule has 142 valence electrons. The van der Waals surface area contributed by atoms with Crippen molar-refractivity contribution in [2.45, 2.75) is 76.6 Å². The highest BCUT2D eigenvalue weighted by atomic mass is 16.6. The number of piperazine rings is 1. The normalized spacial score (nSPS) is 28.1. The second-order valence-corrected chi connectivity index (χ2v) is 9.13. The van der Waals surface area contributed by atoms with Crippen LogP contribution in [-0.2, 0) is 17.6 Å². The molecule has 2 aliphatic heterocycles. The number of hydrogen-bond donors (Lipinski definition) is 1. The van der Waals surface area contributed by atoms with E-state index in [9.17, 15) is 4.79 Å². The molecule has 2 saturated heterocycles. The van der Waals surface area contributed by atoms with Crippen LogP contribution in [0.2, 0.25) is 0 Å². The average molecular weight is 357 g/mol. The molecule has 2 N–H and O–H groups in total. The Hall–Kier alpha value is -1.75. The maximum Gasteiger partial charge on any atom is 0.410 e. The molecule has 2 fully saturated rings. The van der Waals surface area contributed by atoms with Gasteiger partial charge in [-0.1, -0.05) is 6.07 Å². The van der Waals surface area contributed by atoms with Crippen molar-refractivity contribution >= 4 is 11.8 Å². The minimum Gasteiger partial charge on any atom is -0.444 e. The second kappa shape index (κ2) is 6.45. The van der Waals surface area contributed by atoms with E-state index in [1.807, 2.05) is 25.7 Å². The first kappa shape index (κ1) is 17.7. The van der Waals surface area contributed by atoms with Crippen molar-refractivity contribution in [1.29, 1.82) is 0 Å². The summed E-state index contributed by atoms with van der Waals surface area (Å²) < 4.78 is 5.64. The van der Waals surface area contributed by atoms with Crippen molar-refractivity contribution in [3.63, 3.8) is 0 Å². The lowest BCUT2D eigenvalue weighted by atomic mass is 9.88. The number of carbonyl (C=O) groups is 1. The van der Waals surface area contributed by atoms with Gasteiger partial charge in [-0.3, -0.25) is 4.90 Å². The van der Waals surface area contributed by atoms with Crippen LogP contribution in [0.3, 0.4) is 0 Å². The third-order valence-electron chi connectivity index (χ3n) is 5.91. The predicted octanol–water partition coefficient (Wildman–Crippen LogP) is 3.09. The molecule has 3 atom stereocenters. The number of carbonyl (C=O) groups excluding carboxylic acids is 1. The first-order chi connectivity index (χ1) is 12.3. The Labute approximate surface area is 156 Å². The lowest BCUT2D eigenvalue weighted by molar-refractivity contribution is 0.0123. The summed E-state index contributed by atoms with van der Waals surface area (Å²) in [5.74, 6) is 0. The zero-order chi connectivity index (χ0) is 18.5. The number of ether oxygens (including phenoxy) is 1. The van der Waals surface area contributed by atoms with E-state index in [1.165, 1.54) is 16.8 Å². The van der Waals surface area contributed by atoms with E-state index in [1.54, 1.807) is 0 Å². The van der Waals surface area contributed by atoms with Crippen LogP contribution in [0, 0.1) is 0 Å². The molecule has 1 amide bonds. The van der Waals surface area contributed by atoms with Crippen molar-refractivity contribution in [2.75, 3.05) is 18.0 Å². The second-order valence-electron chi connectivity index (χ2n) is 9.13. The van der Waals surface area contributed by atoms with E-state index >= 15 is 0 Å². The van der Waals surface area contributed by atoms with Crippen molar-refractivity contribution in [1.82, 2.24) is 4.90 Å². The van der Waals surface area contributed by atoms with Gasteiger partial charge in [-0.05, 0) is 76.1 Å². The fraction of sp³-hybridized carbons (Fsp3) is 0.667. The molecule has 0 aromatic heterocycles. The maximum absolute atomic E-state index is 12.6. The molecule has 5 heteroatoms. The molecule has 2 heterocycles. The van der Waals surface area contributed by atoms with Crippen molar-refractivity contribution in [3.05, 3.63) is 29.3 Å². The molecule has 2 bridgehead atoms. The highest BCUT2D eigenvalue weighted by Gasteiger charge is 2.44. The summed E-state index contributed by atoms with van der Waals surface area (Å²) in [4.78, 5) is 17.1. The Balaban J connectivity index is 1.48. The molecule has 1 aromatic carbocycles. The monoisotopic (exact) mass is 357 g/mol. The summed E-state index contributed by atoms with van der Waals surface area (Å²) in [7, 11) is 0. The number of nitrogens with zero attached hydrogens (tertiary/aromatic N) is 2. The molecular formula is C21H31N3O2. The SMILES string of the molecule is CC(C)(C)OC(=O)N1C2CCC1CN(c1ccc3c(c1)CC[C@@H](N)C3)C2. The summed E-state index contributed by atoms with van der Waals surface area (Å²) in [6.45, 7) is 7.59. The number of rotatable bonds is 1. The van der Waals surface area contributed by atoms with Gasteiger partial charge < -0.3 is 15.4 Å². The van der Waals surface area contributed by atoms with Crippen molar-refractivity contribution in [2.24, 2.45) is 5.73 Å². The molecule has 1 aromatic rings. The van der Waals surface area contributed by atoms with E-state index < -0.39 is 5.60 Å². The first-order valence-electron chi connectivity index (χ1n) is 9.94. The number of fused-ring (bicyclic) bond motifs is 3. The Kier molecular flexibility index (Phi) is 4.38. The Bertz CT molecular complexity index is 683. The topological polar surface area (TPSA) is 58.8 Å². The molecule has 5 nitrogen and oxygen atoms in total. The van der Waals surface area contributed by atoms with Crippen LogP contribution in [0.15, 0.2) is 18.2 Å². The van der Waals surface area contributed by atoms with Crippen LogP contribution in [0.5, 0.6) is 0 Å². The fourth-order valence-electron chi connectivity index (χ4n) is 4.69. The zero-order valence-electron chi connectivity index (χ0n) is 16.2. The number of hydrogen-bond acceptors (Lipinski definition) is 4. The van der Waals surface area contributed by atoms with Crippen LogP contribution >= 0.6 is 0 Å². The molecule has 4 rings (SSSR count). The van der Waals surface area contributed by atoms with Gasteiger partial charge in [0.25, 0.3) is 0 Å². The summed E-state index contributed by atoms with van der Waals surface area (Å²) in [6, 6.07) is 7.66. The lowest BCUT2D eigenvalue weighted by Crippen LogP contribution is -2.56. The molecule has 1 aliphatic carbocycles. The fourth-order valence-corrected chi connectivity index (χ4v) is 4.69. The Morgan fingerprint density at radius 1 is 1.12 bits per heavy atom. The van der Waals surface area contributed by atoms with E-state index in [2.05, 4.69) is 23.1 Å². The van der Waals surface area contributed by atoms with Gasteiger partial charge in [-0.15, -0.1) is 0 Å². The van der Waals surface area contributed by atoms with Crippen molar-refractivity contribution < 1.29 is 9.53 Å². The third kappa shape index (κ3) is 3.41. The zero-order valence-corrected chi connectivity index (χ0v) is 16.2. The summed E-state index contributed by atoms with van der Waals surface area (Å²) in [5, 5.41) is 0. The maximum atomic E-state index is 12.6. The van der Waals surface area contributed by atoms with E-state index in [-0.39, 0.29) is 18.2 Å². The van der Waals surface area contributed by atoms with Gasteiger partial charge in [0.15, 0.2) is 0 Å². The minimum absolute atomic E-state index is 0.149. The number of anilines is 1. The van der Waals surface area contributed by atoms with Crippen LogP contribution in [0.25, 0.3) is 0 Å². The molecule has 0 saturated carbocycles. The highest BCUT2D eigenvalue weighted by Crippen LogP contribution is 2.35. The van der Waals surface area contributed by atoms with E-state index in [0.717, 1.165) is 45.2 Å². The Morgan fingerprint density at radius 2 is 1.81 bits per heavy atom. The minimum atomic E-state index is -0.437. The standard InChI is InChI=1S/C21H31N3O2/c1-21(2,3)26-20(25)24-18-8-9-19(24)13-23(12-18)17-7-5-14-10-16(22)6-4-15(14)11-17/h5,7,11,16,18-19H,4,6,8-10,12-13,22H2,1-3H3/t16-,18?,19?/m1/s1. The van der Waals surface area contributed by atoms with Gasteiger partial charge >= 0.3 is 6.09 Å². The highest BCUT2D eigenvalue weighted by molar-refractivity contribution is 5.70. The van der Waals surface area contributed by atoms with E-state index in [4.69, 9.17) is 10.5 Å². The van der Waals surface area contributed by atoms with Crippen molar-refractivity contribution in [3.8, 4) is 0 Å². The van der Waals surface area contributed by atoms with Gasteiger partial charge in [0, 0.05) is 24.8 Å². The molecular weight excluding hydrogens is 326 g/mol. The Morgan fingerprint density at radius 3 is 2.46 bits per heavy atom. The van der Waals surface area contributed by atoms with Gasteiger partial charge in [0.2, 0.25) is 0 Å². The summed E-state index contributed by atoms with van der Waals surface area (Å²) in [5.41, 5.74) is 9.81. The van der Waals surface area contributed by atoms with Crippen LogP contribution < -0.4 is 10.6 Å². The van der Waals surface area contributed by atoms with Gasteiger partial charge in [0.05, 0.1) is 12.1 Å². The number of amides is 1. The average Bonchev–Trinajstić information content (AvgIpc) is 2.83. The van der Waals surface area contributed by atoms with Crippen LogP contribution in [0.4, 0.5) is 10.5 Å². The number of aryl methyl sites for hydroxylation is 1. The molecule has 26 heavy (non-hydrogen) atoms. The summed E-state index contributed by atoms with van der Waals surface area (Å²) in [6.07, 6.45) is 5.14. The molecule has 3 aliphatic rings.